The summed E-state index contributed by atoms with van der Waals surface area (Å²) in [4.78, 5) is 19.2. The first kappa shape index (κ1) is 15.6. The van der Waals surface area contributed by atoms with Crippen LogP contribution in [0.4, 0.5) is 5.13 Å². The Balaban J connectivity index is 1.61. The number of carbonyl (C=O) groups is 1. The predicted octanol–water partition coefficient (Wildman–Crippen LogP) is 4.14. The zero-order valence-corrected chi connectivity index (χ0v) is 14.6. The monoisotopic (exact) mass is 379 g/mol. The summed E-state index contributed by atoms with van der Waals surface area (Å²) in [5.41, 5.74) is 1.66. The molecule has 0 unspecified atom stereocenters. The lowest BCUT2D eigenvalue weighted by molar-refractivity contribution is 0.102. The number of anilines is 1. The lowest BCUT2D eigenvalue weighted by atomic mass is 10.1. The number of nitrogens with zero attached hydrogens (tertiary/aromatic N) is 2. The molecule has 0 saturated carbocycles. The van der Waals surface area contributed by atoms with Gasteiger partial charge in [0.25, 0.3) is 5.91 Å². The Morgan fingerprint density at radius 3 is 2.82 bits per heavy atom. The Labute approximate surface area is 142 Å². The summed E-state index contributed by atoms with van der Waals surface area (Å²) < 4.78 is 0.789. The maximum absolute atomic E-state index is 12.2. The average Bonchev–Trinajstić information content (AvgIpc) is 2.95. The van der Waals surface area contributed by atoms with Crippen LogP contribution in [0.5, 0.6) is 0 Å². The van der Waals surface area contributed by atoms with Gasteiger partial charge in [0.15, 0.2) is 5.13 Å². The van der Waals surface area contributed by atoms with E-state index < -0.39 is 0 Å². The zero-order valence-electron chi connectivity index (χ0n) is 12.2. The van der Waals surface area contributed by atoms with Gasteiger partial charge in [-0.2, -0.15) is 0 Å². The van der Waals surface area contributed by atoms with E-state index in [0.717, 1.165) is 29.8 Å². The van der Waals surface area contributed by atoms with Gasteiger partial charge in [-0.25, -0.2) is 4.98 Å². The smallest absolute Gasteiger partial charge is 0.258 e. The van der Waals surface area contributed by atoms with Crippen LogP contribution in [0.25, 0.3) is 0 Å². The Morgan fingerprint density at radius 1 is 1.27 bits per heavy atom. The van der Waals surface area contributed by atoms with E-state index in [1.54, 1.807) is 6.07 Å². The number of piperidine rings is 1. The number of carbonyl (C=O) groups excluding carboxylic acids is 1. The maximum atomic E-state index is 12.2. The molecule has 1 N–H and O–H groups in total. The van der Waals surface area contributed by atoms with Crippen LogP contribution in [0, 0.1) is 0 Å². The first-order valence-corrected chi connectivity index (χ1v) is 9.12. The summed E-state index contributed by atoms with van der Waals surface area (Å²) in [6.45, 7) is 3.17. The highest BCUT2D eigenvalue weighted by Gasteiger charge is 2.14. The van der Waals surface area contributed by atoms with E-state index in [1.807, 2.05) is 23.6 Å². The molecule has 3 rings (SSSR count). The average molecular weight is 380 g/mol. The van der Waals surface area contributed by atoms with Crippen LogP contribution < -0.4 is 5.32 Å². The fourth-order valence-corrected chi connectivity index (χ4v) is 3.75. The molecule has 1 amide bonds. The summed E-state index contributed by atoms with van der Waals surface area (Å²) >= 11 is 4.88. The first-order valence-electron chi connectivity index (χ1n) is 7.45. The molecule has 116 valence electrons. The van der Waals surface area contributed by atoms with Gasteiger partial charge in [-0.3, -0.25) is 15.0 Å². The third-order valence-electron chi connectivity index (χ3n) is 3.72. The second-order valence-corrected chi connectivity index (χ2v) is 7.13. The van der Waals surface area contributed by atoms with Gasteiger partial charge in [0.2, 0.25) is 0 Å². The molecule has 0 spiro atoms. The number of hydrogen-bond donors (Lipinski definition) is 1. The molecule has 6 heteroatoms. The third kappa shape index (κ3) is 3.94. The van der Waals surface area contributed by atoms with Crippen molar-refractivity contribution >= 4 is 38.3 Å². The van der Waals surface area contributed by atoms with Crippen molar-refractivity contribution in [2.45, 2.75) is 25.8 Å². The number of thiazole rings is 1. The molecule has 0 aliphatic carbocycles. The van der Waals surface area contributed by atoms with Gasteiger partial charge >= 0.3 is 0 Å². The van der Waals surface area contributed by atoms with Crippen molar-refractivity contribution < 1.29 is 4.79 Å². The Morgan fingerprint density at radius 2 is 2.05 bits per heavy atom. The molecule has 4 nitrogen and oxygen atoms in total. The van der Waals surface area contributed by atoms with E-state index in [9.17, 15) is 4.79 Å². The standard InChI is InChI=1S/C16H18BrN3OS/c17-14-7-3-2-6-13(14)15(21)19-16-18-12(11-22-16)10-20-8-4-1-5-9-20/h2-3,6-7,11H,1,4-5,8-10H2,(H,18,19,21). The molecule has 0 atom stereocenters. The molecule has 1 aromatic heterocycles. The topological polar surface area (TPSA) is 45.2 Å². The largest absolute Gasteiger partial charge is 0.298 e. The number of aromatic nitrogens is 1. The number of benzene rings is 1. The molecular weight excluding hydrogens is 362 g/mol. The van der Waals surface area contributed by atoms with Gasteiger partial charge in [0.1, 0.15) is 0 Å². The molecule has 1 fully saturated rings. The molecule has 0 radical (unpaired) electrons. The number of rotatable bonds is 4. The van der Waals surface area contributed by atoms with Gasteiger partial charge in [0, 0.05) is 16.4 Å². The van der Waals surface area contributed by atoms with Crippen LogP contribution in [0.3, 0.4) is 0 Å². The van der Waals surface area contributed by atoms with Crippen LogP contribution in [-0.4, -0.2) is 28.9 Å². The van der Waals surface area contributed by atoms with Crippen molar-refractivity contribution in [3.05, 3.63) is 45.4 Å². The zero-order chi connectivity index (χ0) is 15.4. The van der Waals surface area contributed by atoms with Gasteiger partial charge < -0.3 is 0 Å². The van der Waals surface area contributed by atoms with E-state index in [2.05, 4.69) is 31.1 Å². The number of likely N-dealkylation sites (tertiary alicyclic amines) is 1. The first-order chi connectivity index (χ1) is 10.7. The fraction of sp³-hybridized carbons (Fsp3) is 0.375. The summed E-state index contributed by atoms with van der Waals surface area (Å²) in [5, 5.41) is 5.57. The van der Waals surface area contributed by atoms with Crippen molar-refractivity contribution in [1.29, 1.82) is 0 Å². The molecule has 2 heterocycles. The molecule has 22 heavy (non-hydrogen) atoms. The van der Waals surface area contributed by atoms with Crippen LogP contribution in [-0.2, 0) is 6.54 Å². The van der Waals surface area contributed by atoms with Crippen molar-refractivity contribution in [1.82, 2.24) is 9.88 Å². The van der Waals surface area contributed by atoms with Gasteiger partial charge in [-0.15, -0.1) is 11.3 Å². The minimum absolute atomic E-state index is 0.133. The number of nitrogens with one attached hydrogen (secondary N) is 1. The number of hydrogen-bond acceptors (Lipinski definition) is 4. The van der Waals surface area contributed by atoms with Crippen molar-refractivity contribution in [3.8, 4) is 0 Å². The molecule has 1 saturated heterocycles. The van der Waals surface area contributed by atoms with Gasteiger partial charge in [0.05, 0.1) is 11.3 Å². The maximum Gasteiger partial charge on any atom is 0.258 e. The normalized spacial score (nSPS) is 15.7. The highest BCUT2D eigenvalue weighted by molar-refractivity contribution is 9.10. The van der Waals surface area contributed by atoms with E-state index in [1.165, 1.54) is 30.6 Å². The Kier molecular flexibility index (Phi) is 5.23. The number of halogens is 1. The molecule has 0 bridgehead atoms. The lowest BCUT2D eigenvalue weighted by Crippen LogP contribution is -2.29. The molecule has 1 aromatic carbocycles. The van der Waals surface area contributed by atoms with Crippen LogP contribution >= 0.6 is 27.3 Å². The van der Waals surface area contributed by atoms with Gasteiger partial charge in [-0.1, -0.05) is 18.6 Å². The van der Waals surface area contributed by atoms with E-state index >= 15 is 0 Å². The third-order valence-corrected chi connectivity index (χ3v) is 5.22. The summed E-state index contributed by atoms with van der Waals surface area (Å²) in [6.07, 6.45) is 3.88. The van der Waals surface area contributed by atoms with Gasteiger partial charge in [-0.05, 0) is 54.0 Å². The summed E-state index contributed by atoms with van der Waals surface area (Å²) in [6, 6.07) is 7.39. The van der Waals surface area contributed by atoms with E-state index in [-0.39, 0.29) is 5.91 Å². The van der Waals surface area contributed by atoms with Crippen LogP contribution in [0.2, 0.25) is 0 Å². The predicted molar refractivity (Wildman–Crippen MR) is 93.3 cm³/mol. The lowest BCUT2D eigenvalue weighted by Gasteiger charge is -2.25. The molecule has 2 aromatic rings. The summed E-state index contributed by atoms with van der Waals surface area (Å²) in [7, 11) is 0. The van der Waals surface area contributed by atoms with E-state index in [4.69, 9.17) is 0 Å². The summed E-state index contributed by atoms with van der Waals surface area (Å²) in [5.74, 6) is -0.133. The molecular formula is C16H18BrN3OS. The minimum Gasteiger partial charge on any atom is -0.298 e. The molecule has 1 aliphatic rings. The molecule has 1 aliphatic heterocycles. The SMILES string of the molecule is O=C(Nc1nc(CN2CCCCC2)cs1)c1ccccc1Br. The van der Waals surface area contributed by atoms with Crippen LogP contribution in [0.15, 0.2) is 34.1 Å². The quantitative estimate of drug-likeness (QED) is 0.867. The fourth-order valence-electron chi connectivity index (χ4n) is 2.59. The number of amides is 1. The highest BCUT2D eigenvalue weighted by atomic mass is 79.9. The Bertz CT molecular complexity index is 652. The van der Waals surface area contributed by atoms with Crippen molar-refractivity contribution in [3.63, 3.8) is 0 Å². The Hall–Kier alpha value is -1.24. The van der Waals surface area contributed by atoms with Crippen molar-refractivity contribution in [2.75, 3.05) is 18.4 Å². The second-order valence-electron chi connectivity index (χ2n) is 5.41. The van der Waals surface area contributed by atoms with Crippen molar-refractivity contribution in [2.24, 2.45) is 0 Å². The minimum atomic E-state index is -0.133. The highest BCUT2D eigenvalue weighted by Crippen LogP contribution is 2.21. The van der Waals surface area contributed by atoms with E-state index in [0.29, 0.717) is 10.7 Å². The second kappa shape index (κ2) is 7.35. The van der Waals surface area contributed by atoms with Crippen LogP contribution in [0.1, 0.15) is 35.3 Å².